The lowest BCUT2D eigenvalue weighted by Gasteiger charge is -2.11. The van der Waals surface area contributed by atoms with Crippen LogP contribution in [0.5, 0.6) is 0 Å². The van der Waals surface area contributed by atoms with E-state index in [1.54, 1.807) is 0 Å². The number of hydrogen-bond acceptors (Lipinski definition) is 5. The Balaban J connectivity index is 1.62. The second-order valence-electron chi connectivity index (χ2n) is 6.59. The second-order valence-corrected chi connectivity index (χ2v) is 11.0. The maximum absolute atomic E-state index is 12.6. The van der Waals surface area contributed by atoms with Gasteiger partial charge in [-0.05, 0) is 42.7 Å². The van der Waals surface area contributed by atoms with Crippen LogP contribution in [-0.2, 0) is 26.1 Å². The van der Waals surface area contributed by atoms with E-state index < -0.39 is 24.9 Å². The van der Waals surface area contributed by atoms with Gasteiger partial charge in [0.1, 0.15) is 0 Å². The highest BCUT2D eigenvalue weighted by Crippen LogP contribution is 2.25. The molecule has 1 N–H and O–H groups in total. The number of amides is 1. The molecule has 1 saturated heterocycles. The molecule has 0 aromatic heterocycles. The molecule has 1 heterocycles. The molecule has 1 fully saturated rings. The van der Waals surface area contributed by atoms with Crippen LogP contribution in [0, 0.1) is 0 Å². The molecule has 0 spiro atoms. The van der Waals surface area contributed by atoms with Crippen molar-refractivity contribution in [3.05, 3.63) is 65.7 Å². The number of carbonyl (C=O) groups is 1. The summed E-state index contributed by atoms with van der Waals surface area (Å²) >= 11 is 0. The van der Waals surface area contributed by atoms with Gasteiger partial charge in [-0.1, -0.05) is 30.3 Å². The van der Waals surface area contributed by atoms with Crippen LogP contribution in [0.4, 0.5) is 0 Å². The molecule has 144 valence electrons. The lowest BCUT2D eigenvalue weighted by atomic mass is 10.1. The van der Waals surface area contributed by atoms with Crippen LogP contribution in [0.1, 0.15) is 22.3 Å². The highest BCUT2D eigenvalue weighted by Gasteiger charge is 2.37. The lowest BCUT2D eigenvalue weighted by molar-refractivity contribution is 0.0954. The third kappa shape index (κ3) is 4.75. The van der Waals surface area contributed by atoms with Gasteiger partial charge in [-0.2, -0.15) is 0 Å². The van der Waals surface area contributed by atoms with E-state index in [9.17, 15) is 21.6 Å². The molecule has 1 amide bonds. The number of carbonyl (C=O) groups excluding carboxylic acids is 1. The zero-order valence-corrected chi connectivity index (χ0v) is 16.3. The highest BCUT2D eigenvalue weighted by molar-refractivity contribution is 7.96. The molecule has 0 radical (unpaired) electrons. The summed E-state index contributed by atoms with van der Waals surface area (Å²) in [5, 5.41) is 1.89. The van der Waals surface area contributed by atoms with Gasteiger partial charge in [0.25, 0.3) is 5.91 Å². The zero-order chi connectivity index (χ0) is 19.5. The SMILES string of the molecule is O=C(NCCc1ccccc1)c1ccc(S(=O)(=O)C2CCS(=O)(=O)C2)cc1. The minimum absolute atomic E-state index is 0.0467. The summed E-state index contributed by atoms with van der Waals surface area (Å²) in [6.07, 6.45) is 0.821. The summed E-state index contributed by atoms with van der Waals surface area (Å²) in [5.74, 6) is -0.714. The number of hydrogen-bond donors (Lipinski definition) is 1. The summed E-state index contributed by atoms with van der Waals surface area (Å²) < 4.78 is 48.2. The lowest BCUT2D eigenvalue weighted by Crippen LogP contribution is -2.26. The quantitative estimate of drug-likeness (QED) is 0.785. The maximum atomic E-state index is 12.6. The Labute approximate surface area is 159 Å². The molecule has 0 aliphatic carbocycles. The molecule has 27 heavy (non-hydrogen) atoms. The van der Waals surface area contributed by atoms with Gasteiger partial charge in [0, 0.05) is 12.1 Å². The summed E-state index contributed by atoms with van der Waals surface area (Å²) in [6.45, 7) is 0.475. The van der Waals surface area contributed by atoms with E-state index in [-0.39, 0.29) is 28.7 Å². The average molecular weight is 408 g/mol. The molecule has 0 bridgehead atoms. The molecule has 1 atom stereocenters. The number of benzene rings is 2. The molecule has 6 nitrogen and oxygen atoms in total. The van der Waals surface area contributed by atoms with Crippen LogP contribution >= 0.6 is 0 Å². The number of nitrogens with one attached hydrogen (secondary N) is 1. The Hall–Kier alpha value is -2.19. The minimum Gasteiger partial charge on any atom is -0.352 e. The van der Waals surface area contributed by atoms with Crippen LogP contribution in [0.25, 0.3) is 0 Å². The van der Waals surface area contributed by atoms with Gasteiger partial charge in [0.15, 0.2) is 19.7 Å². The van der Waals surface area contributed by atoms with Crippen LogP contribution in [0.2, 0.25) is 0 Å². The molecule has 2 aromatic carbocycles. The Bertz CT molecular complexity index is 1010. The largest absolute Gasteiger partial charge is 0.352 e. The normalized spacial score (nSPS) is 18.9. The fourth-order valence-corrected chi connectivity index (χ4v) is 7.42. The van der Waals surface area contributed by atoms with Crippen molar-refractivity contribution in [2.24, 2.45) is 0 Å². The van der Waals surface area contributed by atoms with Crippen molar-refractivity contribution in [3.8, 4) is 0 Å². The first kappa shape index (κ1) is 19.6. The fraction of sp³-hybridized carbons (Fsp3) is 0.316. The van der Waals surface area contributed by atoms with Crippen LogP contribution in [0.15, 0.2) is 59.5 Å². The van der Waals surface area contributed by atoms with E-state index in [0.717, 1.165) is 5.56 Å². The third-order valence-electron chi connectivity index (χ3n) is 4.62. The minimum atomic E-state index is -3.72. The summed E-state index contributed by atoms with van der Waals surface area (Å²) in [5.41, 5.74) is 1.48. The molecule has 0 saturated carbocycles. The van der Waals surface area contributed by atoms with Gasteiger partial charge in [-0.15, -0.1) is 0 Å². The van der Waals surface area contributed by atoms with Gasteiger partial charge < -0.3 is 5.32 Å². The molecule has 2 aromatic rings. The topological polar surface area (TPSA) is 97.4 Å². The van der Waals surface area contributed by atoms with E-state index in [1.807, 2.05) is 30.3 Å². The first-order valence-corrected chi connectivity index (χ1v) is 12.0. The maximum Gasteiger partial charge on any atom is 0.251 e. The van der Waals surface area contributed by atoms with E-state index in [2.05, 4.69) is 5.32 Å². The summed E-state index contributed by atoms with van der Waals surface area (Å²) in [6, 6.07) is 15.4. The summed E-state index contributed by atoms with van der Waals surface area (Å²) in [7, 11) is -7.00. The monoisotopic (exact) mass is 407 g/mol. The van der Waals surface area contributed by atoms with E-state index >= 15 is 0 Å². The predicted octanol–water partition coefficient (Wildman–Crippen LogP) is 1.62. The zero-order valence-electron chi connectivity index (χ0n) is 14.7. The van der Waals surface area contributed by atoms with Gasteiger partial charge >= 0.3 is 0 Å². The number of sulfone groups is 2. The average Bonchev–Trinajstić information content (AvgIpc) is 3.03. The first-order valence-electron chi connectivity index (χ1n) is 8.64. The molecular formula is C19H21NO5S2. The van der Waals surface area contributed by atoms with Crippen molar-refractivity contribution in [2.45, 2.75) is 23.0 Å². The molecule has 8 heteroatoms. The smallest absolute Gasteiger partial charge is 0.251 e. The van der Waals surface area contributed by atoms with Crippen molar-refractivity contribution in [2.75, 3.05) is 18.1 Å². The van der Waals surface area contributed by atoms with Crippen molar-refractivity contribution in [1.29, 1.82) is 0 Å². The van der Waals surface area contributed by atoms with Gasteiger partial charge in [-0.25, -0.2) is 16.8 Å². The van der Waals surface area contributed by atoms with Crippen molar-refractivity contribution in [3.63, 3.8) is 0 Å². The third-order valence-corrected chi connectivity index (χ3v) is 8.80. The Morgan fingerprint density at radius 1 is 1.04 bits per heavy atom. The van der Waals surface area contributed by atoms with Crippen molar-refractivity contribution < 1.29 is 21.6 Å². The molecular weight excluding hydrogens is 386 g/mol. The van der Waals surface area contributed by atoms with Gasteiger partial charge in [0.2, 0.25) is 0 Å². The Morgan fingerprint density at radius 2 is 1.70 bits per heavy atom. The Kier molecular flexibility index (Phi) is 5.67. The van der Waals surface area contributed by atoms with Crippen molar-refractivity contribution in [1.82, 2.24) is 5.32 Å². The highest BCUT2D eigenvalue weighted by atomic mass is 32.2. The summed E-state index contributed by atoms with van der Waals surface area (Å²) in [4.78, 5) is 12.2. The molecule has 3 rings (SSSR count). The van der Waals surface area contributed by atoms with Crippen molar-refractivity contribution >= 4 is 25.6 Å². The van der Waals surface area contributed by atoms with E-state index in [1.165, 1.54) is 24.3 Å². The Morgan fingerprint density at radius 3 is 2.30 bits per heavy atom. The predicted molar refractivity (Wildman–Crippen MR) is 103 cm³/mol. The van der Waals surface area contributed by atoms with Gasteiger partial charge in [0.05, 0.1) is 21.7 Å². The van der Waals surface area contributed by atoms with Gasteiger partial charge in [-0.3, -0.25) is 4.79 Å². The second kappa shape index (κ2) is 7.82. The van der Waals surface area contributed by atoms with Crippen LogP contribution < -0.4 is 5.32 Å². The standard InChI is InChI=1S/C19H21NO5S2/c21-19(20-12-10-15-4-2-1-3-5-15)16-6-8-17(9-7-16)27(24,25)18-11-13-26(22,23)14-18/h1-9,18H,10-14H2,(H,20,21). The van der Waals surface area contributed by atoms with Crippen LogP contribution in [0.3, 0.4) is 0 Å². The fourth-order valence-electron chi connectivity index (χ4n) is 3.06. The van der Waals surface area contributed by atoms with E-state index in [0.29, 0.717) is 18.5 Å². The molecule has 1 unspecified atom stereocenters. The van der Waals surface area contributed by atoms with E-state index in [4.69, 9.17) is 0 Å². The molecule has 1 aliphatic rings. The molecule has 1 aliphatic heterocycles. The number of rotatable bonds is 6. The first-order chi connectivity index (χ1) is 12.8. The van der Waals surface area contributed by atoms with Crippen LogP contribution in [-0.4, -0.2) is 46.0 Å².